The van der Waals surface area contributed by atoms with Gasteiger partial charge >= 0.3 is 12.1 Å². The summed E-state index contributed by atoms with van der Waals surface area (Å²) in [7, 11) is 1.56. The van der Waals surface area contributed by atoms with Gasteiger partial charge in [-0.2, -0.15) is 0 Å². The first kappa shape index (κ1) is 15.7. The normalized spacial score (nSPS) is 11.9. The molecule has 0 aromatic carbocycles. The zero-order valence-electron chi connectivity index (χ0n) is 10.0. The number of aliphatic carboxylic acids is 1. The summed E-state index contributed by atoms with van der Waals surface area (Å²) >= 11 is 0. The summed E-state index contributed by atoms with van der Waals surface area (Å²) in [6.45, 7) is 2.42. The molecule has 0 aliphatic rings. The van der Waals surface area contributed by atoms with Gasteiger partial charge in [0.2, 0.25) is 0 Å². The van der Waals surface area contributed by atoms with E-state index in [-0.39, 0.29) is 19.8 Å². The minimum absolute atomic E-state index is 0.0595. The van der Waals surface area contributed by atoms with Crippen LogP contribution in [0.4, 0.5) is 4.79 Å². The quantitative estimate of drug-likeness (QED) is 0.471. The van der Waals surface area contributed by atoms with Gasteiger partial charge in [0.25, 0.3) is 0 Å². The number of carboxylic acids is 1. The topological polar surface area (TPSA) is 91.3 Å². The van der Waals surface area contributed by atoms with Gasteiger partial charge in [-0.3, -0.25) is 4.79 Å². The zero-order valence-corrected chi connectivity index (χ0v) is 10.0. The maximum absolute atomic E-state index is 10.9. The predicted molar refractivity (Wildman–Crippen MR) is 56.8 cm³/mol. The van der Waals surface area contributed by atoms with Crippen LogP contribution in [0.5, 0.6) is 0 Å². The van der Waals surface area contributed by atoms with Crippen LogP contribution in [-0.4, -0.2) is 57.4 Å². The van der Waals surface area contributed by atoms with Crippen molar-refractivity contribution in [3.8, 4) is 0 Å². The maximum atomic E-state index is 10.9. The Kier molecular flexibility index (Phi) is 9.08. The summed E-state index contributed by atoms with van der Waals surface area (Å²) < 4.78 is 19.0. The van der Waals surface area contributed by atoms with E-state index in [1.807, 2.05) is 0 Å². The van der Waals surface area contributed by atoms with Crippen LogP contribution < -0.4 is 0 Å². The summed E-state index contributed by atoms with van der Waals surface area (Å²) in [5.41, 5.74) is 0. The van der Waals surface area contributed by atoms with Crippen molar-refractivity contribution in [2.75, 3.05) is 40.1 Å². The molecule has 0 amide bonds. The fraction of sp³-hybridized carbons (Fsp3) is 0.800. The Morgan fingerprint density at radius 1 is 1.12 bits per heavy atom. The fourth-order valence-corrected chi connectivity index (χ4v) is 0.734. The number of hydrogen-bond donors (Lipinski definition) is 1. The lowest BCUT2D eigenvalue weighted by atomic mass is 10.2. The molecular formula is C10H18O7. The van der Waals surface area contributed by atoms with Crippen LogP contribution >= 0.6 is 0 Å². The van der Waals surface area contributed by atoms with Crippen molar-refractivity contribution in [1.82, 2.24) is 0 Å². The van der Waals surface area contributed by atoms with Crippen LogP contribution in [-0.2, 0) is 23.7 Å². The van der Waals surface area contributed by atoms with Crippen molar-refractivity contribution < 1.29 is 33.6 Å². The van der Waals surface area contributed by atoms with E-state index < -0.39 is 18.0 Å². The van der Waals surface area contributed by atoms with E-state index in [0.717, 1.165) is 0 Å². The highest BCUT2D eigenvalue weighted by atomic mass is 16.7. The van der Waals surface area contributed by atoms with Gasteiger partial charge in [0.1, 0.15) is 13.2 Å². The Balaban J connectivity index is 3.38. The molecule has 100 valence electrons. The molecule has 0 rings (SSSR count). The molecule has 0 aromatic rings. The molecule has 17 heavy (non-hydrogen) atoms. The first-order valence-corrected chi connectivity index (χ1v) is 5.17. The second-order valence-electron chi connectivity index (χ2n) is 3.25. The zero-order chi connectivity index (χ0) is 13.1. The largest absolute Gasteiger partial charge is 0.508 e. The molecule has 7 nitrogen and oxygen atoms in total. The van der Waals surface area contributed by atoms with Gasteiger partial charge in [-0.1, -0.05) is 0 Å². The van der Waals surface area contributed by atoms with Crippen molar-refractivity contribution >= 4 is 12.1 Å². The molecule has 1 N–H and O–H groups in total. The van der Waals surface area contributed by atoms with E-state index >= 15 is 0 Å². The highest BCUT2D eigenvalue weighted by molar-refractivity contribution is 5.70. The fourth-order valence-electron chi connectivity index (χ4n) is 0.734. The summed E-state index contributed by atoms with van der Waals surface area (Å²) in [5.74, 6) is -1.78. The van der Waals surface area contributed by atoms with Crippen LogP contribution in [0.15, 0.2) is 0 Å². The molecule has 0 heterocycles. The van der Waals surface area contributed by atoms with E-state index in [0.29, 0.717) is 13.2 Å². The third kappa shape index (κ3) is 9.58. The van der Waals surface area contributed by atoms with Gasteiger partial charge in [-0.05, 0) is 6.92 Å². The maximum Gasteiger partial charge on any atom is 0.508 e. The molecule has 0 radical (unpaired) electrons. The Hall–Kier alpha value is -1.34. The molecule has 0 fully saturated rings. The third-order valence-electron chi connectivity index (χ3n) is 1.75. The average molecular weight is 250 g/mol. The van der Waals surface area contributed by atoms with Gasteiger partial charge in [-0.15, -0.1) is 0 Å². The summed E-state index contributed by atoms with van der Waals surface area (Å²) in [6, 6.07) is 0. The minimum atomic E-state index is -1.03. The molecule has 1 atom stereocenters. The number of methoxy groups -OCH3 is 1. The van der Waals surface area contributed by atoms with Gasteiger partial charge in [0.05, 0.1) is 25.7 Å². The molecule has 0 aliphatic heterocycles. The molecule has 0 aliphatic carbocycles. The number of rotatable bonds is 9. The molecule has 0 saturated heterocycles. The SMILES string of the molecule is COCCOCCOC(=O)OC[C@H](C)C(=O)O. The van der Waals surface area contributed by atoms with Gasteiger partial charge in [0.15, 0.2) is 0 Å². The van der Waals surface area contributed by atoms with Crippen molar-refractivity contribution in [3.63, 3.8) is 0 Å². The molecule has 0 bridgehead atoms. The van der Waals surface area contributed by atoms with Crippen molar-refractivity contribution in [2.24, 2.45) is 5.92 Å². The standard InChI is InChI=1S/C10H18O7/c1-8(9(11)12)7-17-10(13)16-6-5-15-4-3-14-2/h8H,3-7H2,1-2H3,(H,11,12)/t8-/m0/s1. The summed E-state index contributed by atoms with van der Waals surface area (Å²) in [6.07, 6.45) is -0.895. The Morgan fingerprint density at radius 2 is 1.76 bits per heavy atom. The van der Waals surface area contributed by atoms with Crippen molar-refractivity contribution in [3.05, 3.63) is 0 Å². The number of carbonyl (C=O) groups is 2. The third-order valence-corrected chi connectivity index (χ3v) is 1.75. The Labute approximate surface area is 99.6 Å². The van der Waals surface area contributed by atoms with E-state index in [1.54, 1.807) is 7.11 Å². The van der Waals surface area contributed by atoms with Crippen molar-refractivity contribution in [1.29, 1.82) is 0 Å². The molecule has 7 heteroatoms. The molecule has 0 aromatic heterocycles. The summed E-state index contributed by atoms with van der Waals surface area (Å²) in [5, 5.41) is 8.53. The first-order chi connectivity index (χ1) is 8.07. The number of carbonyl (C=O) groups excluding carboxylic acids is 1. The van der Waals surface area contributed by atoms with Gasteiger partial charge in [-0.25, -0.2) is 4.79 Å². The van der Waals surface area contributed by atoms with Gasteiger partial charge < -0.3 is 24.1 Å². The molecule has 0 spiro atoms. The minimum Gasteiger partial charge on any atom is -0.481 e. The average Bonchev–Trinajstić information content (AvgIpc) is 2.30. The second-order valence-corrected chi connectivity index (χ2v) is 3.25. The lowest BCUT2D eigenvalue weighted by Crippen LogP contribution is -2.20. The smallest absolute Gasteiger partial charge is 0.481 e. The van der Waals surface area contributed by atoms with Crippen LogP contribution in [0.25, 0.3) is 0 Å². The van der Waals surface area contributed by atoms with Crippen LogP contribution in [0.1, 0.15) is 6.92 Å². The monoisotopic (exact) mass is 250 g/mol. The second kappa shape index (κ2) is 9.86. The van der Waals surface area contributed by atoms with Crippen LogP contribution in [0.3, 0.4) is 0 Å². The van der Waals surface area contributed by atoms with E-state index in [9.17, 15) is 9.59 Å². The highest BCUT2D eigenvalue weighted by Crippen LogP contribution is 1.97. The number of hydrogen-bond acceptors (Lipinski definition) is 6. The van der Waals surface area contributed by atoms with Crippen molar-refractivity contribution in [2.45, 2.75) is 6.92 Å². The molecule has 0 saturated carbocycles. The summed E-state index contributed by atoms with van der Waals surface area (Å²) in [4.78, 5) is 21.3. The predicted octanol–water partition coefficient (Wildman–Crippen LogP) is 0.523. The lowest BCUT2D eigenvalue weighted by molar-refractivity contribution is -0.142. The van der Waals surface area contributed by atoms with Crippen LogP contribution in [0.2, 0.25) is 0 Å². The van der Waals surface area contributed by atoms with Crippen LogP contribution in [0, 0.1) is 5.92 Å². The number of ether oxygens (including phenoxy) is 4. The first-order valence-electron chi connectivity index (χ1n) is 5.17. The highest BCUT2D eigenvalue weighted by Gasteiger charge is 2.14. The molecular weight excluding hydrogens is 232 g/mol. The Morgan fingerprint density at radius 3 is 2.35 bits per heavy atom. The van der Waals surface area contributed by atoms with E-state index in [1.165, 1.54) is 6.92 Å². The van der Waals surface area contributed by atoms with E-state index in [2.05, 4.69) is 9.47 Å². The molecule has 0 unspecified atom stereocenters. The Bertz CT molecular complexity index is 229. The van der Waals surface area contributed by atoms with Gasteiger partial charge in [0, 0.05) is 7.11 Å². The number of carboxylic acid groups (broad SMARTS) is 1. The lowest BCUT2D eigenvalue weighted by Gasteiger charge is -2.08. The van der Waals surface area contributed by atoms with E-state index in [4.69, 9.17) is 14.6 Å².